The fourth-order valence-corrected chi connectivity index (χ4v) is 3.46. The largest absolute Gasteiger partial charge is 0.455 e. The minimum absolute atomic E-state index is 0.0386. The van der Waals surface area contributed by atoms with Gasteiger partial charge in [0.15, 0.2) is 5.76 Å². The number of amides is 1. The third kappa shape index (κ3) is 2.84. The van der Waals surface area contributed by atoms with Gasteiger partial charge in [-0.3, -0.25) is 4.79 Å². The summed E-state index contributed by atoms with van der Waals surface area (Å²) in [6, 6.07) is 1.11. The molecule has 1 aromatic rings. The minimum Gasteiger partial charge on any atom is -0.455 e. The highest BCUT2D eigenvalue weighted by Gasteiger charge is 2.33. The lowest BCUT2D eigenvalue weighted by Gasteiger charge is -2.25. The van der Waals surface area contributed by atoms with Gasteiger partial charge in [0.1, 0.15) is 10.7 Å². The van der Waals surface area contributed by atoms with Crippen LogP contribution in [-0.2, 0) is 13.8 Å². The highest BCUT2D eigenvalue weighted by atomic mass is 35.7. The quantitative estimate of drug-likeness (QED) is 0.793. The SMILES string of the molecule is Cc1oc(C(=O)N(C)C2CCOC2C)cc1S(=O)(=O)Cl. The highest BCUT2D eigenvalue weighted by Crippen LogP contribution is 2.26. The normalized spacial score (nSPS) is 23.0. The van der Waals surface area contributed by atoms with Crippen molar-refractivity contribution in [3.8, 4) is 0 Å². The predicted octanol–water partition coefficient (Wildman–Crippen LogP) is 1.76. The molecule has 112 valence electrons. The number of hydrogen-bond acceptors (Lipinski definition) is 5. The molecule has 2 atom stereocenters. The molecule has 0 spiro atoms. The number of carbonyl (C=O) groups excluding carboxylic acids is 1. The van der Waals surface area contributed by atoms with Crippen molar-refractivity contribution in [1.82, 2.24) is 4.90 Å². The van der Waals surface area contributed by atoms with E-state index in [1.54, 1.807) is 7.05 Å². The molecule has 0 aliphatic carbocycles. The Balaban J connectivity index is 2.26. The van der Waals surface area contributed by atoms with Crippen molar-refractivity contribution >= 4 is 25.6 Å². The third-order valence-electron chi connectivity index (χ3n) is 3.50. The van der Waals surface area contributed by atoms with Gasteiger partial charge >= 0.3 is 0 Å². The first-order valence-corrected chi connectivity index (χ1v) is 8.46. The molecule has 8 heteroatoms. The number of likely N-dealkylation sites (N-methyl/N-ethyl adjacent to an activating group) is 1. The second-order valence-electron chi connectivity index (χ2n) is 4.82. The molecule has 20 heavy (non-hydrogen) atoms. The predicted molar refractivity (Wildman–Crippen MR) is 72.4 cm³/mol. The number of halogens is 1. The fourth-order valence-electron chi connectivity index (χ4n) is 2.37. The number of hydrogen-bond donors (Lipinski definition) is 0. The minimum atomic E-state index is -3.92. The maximum Gasteiger partial charge on any atom is 0.289 e. The topological polar surface area (TPSA) is 76.8 Å². The zero-order valence-corrected chi connectivity index (χ0v) is 13.0. The van der Waals surface area contributed by atoms with Crippen molar-refractivity contribution in [3.63, 3.8) is 0 Å². The Kier molecular flexibility index (Phi) is 4.13. The molecule has 2 heterocycles. The summed E-state index contributed by atoms with van der Waals surface area (Å²) in [5.41, 5.74) is 0. The van der Waals surface area contributed by atoms with Crippen molar-refractivity contribution in [2.24, 2.45) is 0 Å². The molecule has 6 nitrogen and oxygen atoms in total. The van der Waals surface area contributed by atoms with E-state index in [0.29, 0.717) is 6.61 Å². The molecular weight excluding hydrogens is 306 g/mol. The van der Waals surface area contributed by atoms with Crippen LogP contribution >= 0.6 is 10.7 Å². The molecule has 1 aliphatic rings. The van der Waals surface area contributed by atoms with Crippen LogP contribution in [0.2, 0.25) is 0 Å². The molecule has 1 amide bonds. The smallest absolute Gasteiger partial charge is 0.289 e. The third-order valence-corrected chi connectivity index (χ3v) is 4.93. The highest BCUT2D eigenvalue weighted by molar-refractivity contribution is 8.13. The van der Waals surface area contributed by atoms with Crippen molar-refractivity contribution in [3.05, 3.63) is 17.6 Å². The van der Waals surface area contributed by atoms with E-state index in [9.17, 15) is 13.2 Å². The molecule has 0 N–H and O–H groups in total. The van der Waals surface area contributed by atoms with E-state index in [-0.39, 0.29) is 34.5 Å². The summed E-state index contributed by atoms with van der Waals surface area (Å²) in [4.78, 5) is 13.6. The van der Waals surface area contributed by atoms with Crippen molar-refractivity contribution < 1.29 is 22.4 Å². The molecule has 2 rings (SSSR count). The Bertz CT molecular complexity index is 624. The van der Waals surface area contributed by atoms with Crippen LogP contribution in [0.15, 0.2) is 15.4 Å². The van der Waals surface area contributed by atoms with Crippen LogP contribution in [0.5, 0.6) is 0 Å². The van der Waals surface area contributed by atoms with E-state index in [0.717, 1.165) is 12.5 Å². The van der Waals surface area contributed by atoms with Crippen LogP contribution in [0.25, 0.3) is 0 Å². The summed E-state index contributed by atoms with van der Waals surface area (Å²) in [6.45, 7) is 3.94. The Morgan fingerprint density at radius 1 is 1.50 bits per heavy atom. The number of rotatable bonds is 3. The average molecular weight is 322 g/mol. The molecule has 1 saturated heterocycles. The van der Waals surface area contributed by atoms with Gasteiger partial charge < -0.3 is 14.1 Å². The number of furan rings is 1. The second-order valence-corrected chi connectivity index (χ2v) is 7.35. The molecule has 1 aromatic heterocycles. The lowest BCUT2D eigenvalue weighted by molar-refractivity contribution is 0.0548. The summed E-state index contributed by atoms with van der Waals surface area (Å²) >= 11 is 0. The monoisotopic (exact) mass is 321 g/mol. The Morgan fingerprint density at radius 3 is 2.60 bits per heavy atom. The first-order chi connectivity index (χ1) is 9.21. The lowest BCUT2D eigenvalue weighted by Crippen LogP contribution is -2.40. The average Bonchev–Trinajstić information content (AvgIpc) is 2.92. The molecule has 2 unspecified atom stereocenters. The van der Waals surface area contributed by atoms with E-state index in [1.807, 2.05) is 6.92 Å². The zero-order valence-electron chi connectivity index (χ0n) is 11.4. The van der Waals surface area contributed by atoms with Gasteiger partial charge in [-0.2, -0.15) is 0 Å². The van der Waals surface area contributed by atoms with Crippen LogP contribution in [0.3, 0.4) is 0 Å². The number of aryl methyl sites for hydroxylation is 1. The fraction of sp³-hybridized carbons (Fsp3) is 0.583. The van der Waals surface area contributed by atoms with Crippen LogP contribution in [0.4, 0.5) is 0 Å². The lowest BCUT2D eigenvalue weighted by atomic mass is 10.1. The van der Waals surface area contributed by atoms with Crippen molar-refractivity contribution in [2.45, 2.75) is 37.3 Å². The van der Waals surface area contributed by atoms with Gasteiger partial charge in [0.25, 0.3) is 15.0 Å². The van der Waals surface area contributed by atoms with E-state index in [1.165, 1.54) is 11.8 Å². The zero-order chi connectivity index (χ0) is 15.1. The van der Waals surface area contributed by atoms with Gasteiger partial charge in [0.05, 0.1) is 12.1 Å². The maximum absolute atomic E-state index is 12.3. The van der Waals surface area contributed by atoms with E-state index in [2.05, 4.69) is 0 Å². The number of carbonyl (C=O) groups is 1. The molecule has 0 bridgehead atoms. The van der Waals surface area contributed by atoms with E-state index >= 15 is 0 Å². The molecule has 0 radical (unpaired) electrons. The summed E-state index contributed by atoms with van der Waals surface area (Å²) in [5.74, 6) is -0.321. The van der Waals surface area contributed by atoms with Gasteiger partial charge in [-0.25, -0.2) is 8.42 Å². The van der Waals surface area contributed by atoms with Crippen LogP contribution in [0.1, 0.15) is 29.7 Å². The summed E-state index contributed by atoms with van der Waals surface area (Å²) in [6.07, 6.45) is 0.681. The van der Waals surface area contributed by atoms with Gasteiger partial charge in [-0.1, -0.05) is 0 Å². The molecule has 1 aliphatic heterocycles. The first-order valence-electron chi connectivity index (χ1n) is 6.15. The summed E-state index contributed by atoms with van der Waals surface area (Å²) in [5, 5.41) is 0. The number of ether oxygens (including phenoxy) is 1. The number of nitrogens with zero attached hydrogens (tertiary/aromatic N) is 1. The van der Waals surface area contributed by atoms with Gasteiger partial charge in [-0.15, -0.1) is 0 Å². The summed E-state index contributed by atoms with van der Waals surface area (Å²) in [7, 11) is 3.00. The van der Waals surface area contributed by atoms with E-state index < -0.39 is 9.05 Å². The van der Waals surface area contributed by atoms with Crippen molar-refractivity contribution in [2.75, 3.05) is 13.7 Å². The van der Waals surface area contributed by atoms with Gasteiger partial charge in [0.2, 0.25) is 0 Å². The Morgan fingerprint density at radius 2 is 2.15 bits per heavy atom. The van der Waals surface area contributed by atoms with Crippen molar-refractivity contribution in [1.29, 1.82) is 0 Å². The first kappa shape index (κ1) is 15.3. The van der Waals surface area contributed by atoms with Crippen LogP contribution < -0.4 is 0 Å². The molecule has 0 saturated carbocycles. The molecular formula is C12H16ClNO5S. The van der Waals surface area contributed by atoms with Crippen LogP contribution in [-0.4, -0.2) is 45.0 Å². The van der Waals surface area contributed by atoms with Crippen LogP contribution in [0, 0.1) is 6.92 Å². The molecule has 0 aromatic carbocycles. The van der Waals surface area contributed by atoms with E-state index in [4.69, 9.17) is 19.8 Å². The maximum atomic E-state index is 12.3. The van der Waals surface area contributed by atoms with Gasteiger partial charge in [-0.05, 0) is 20.3 Å². The Labute approximate surface area is 122 Å². The summed E-state index contributed by atoms with van der Waals surface area (Å²) < 4.78 is 33.3. The second kappa shape index (κ2) is 5.38. The molecule has 1 fully saturated rings. The Hall–Kier alpha value is -1.05. The van der Waals surface area contributed by atoms with Gasteiger partial charge in [0, 0.05) is 30.4 Å². The standard InChI is InChI=1S/C12H16ClNO5S/c1-7-9(4-5-18-7)14(3)12(15)10-6-11(8(2)19-10)20(13,16)17/h6-7,9H,4-5H2,1-3H3.